The highest BCUT2D eigenvalue weighted by Gasteiger charge is 2.35. The zero-order valence-corrected chi connectivity index (χ0v) is 21.4. The van der Waals surface area contributed by atoms with Gasteiger partial charge in [0, 0.05) is 30.6 Å². The molecule has 1 aliphatic heterocycles. The Morgan fingerprint density at radius 1 is 0.686 bits per heavy atom. The average Bonchev–Trinajstić information content (AvgIpc) is 2.77. The van der Waals surface area contributed by atoms with Crippen LogP contribution < -0.4 is 30.8 Å². The van der Waals surface area contributed by atoms with Gasteiger partial charge < -0.3 is 14.4 Å². The second kappa shape index (κ2) is 8.71. The predicted octanol–water partition coefficient (Wildman–Crippen LogP) is 4.38. The van der Waals surface area contributed by atoms with Crippen LogP contribution in [0.4, 0.5) is 11.4 Å². The zero-order valence-electron chi connectivity index (χ0n) is 21.4. The molecule has 1 heterocycles. The Bertz CT molecular complexity index is 1270. The molecule has 0 fully saturated rings. The van der Waals surface area contributed by atoms with Gasteiger partial charge in [-0.05, 0) is 82.8 Å². The van der Waals surface area contributed by atoms with Crippen LogP contribution in [0.5, 0.6) is 11.5 Å². The van der Waals surface area contributed by atoms with Crippen LogP contribution in [-0.2, 0) is 0 Å². The van der Waals surface area contributed by atoms with E-state index in [1.54, 1.807) is 6.07 Å². The highest BCUT2D eigenvalue weighted by Crippen LogP contribution is 2.33. The van der Waals surface area contributed by atoms with E-state index in [9.17, 15) is 10.5 Å². The van der Waals surface area contributed by atoms with Crippen molar-refractivity contribution in [2.45, 2.75) is 52.7 Å². The van der Waals surface area contributed by atoms with Crippen molar-refractivity contribution < 1.29 is 9.47 Å². The van der Waals surface area contributed by atoms with Crippen LogP contribution in [0.25, 0.3) is 0 Å². The van der Waals surface area contributed by atoms with Gasteiger partial charge in [0.2, 0.25) is 6.71 Å². The van der Waals surface area contributed by atoms with Gasteiger partial charge in [-0.3, -0.25) is 0 Å². The maximum absolute atomic E-state index is 9.60. The quantitative estimate of drug-likeness (QED) is 0.540. The third-order valence-electron chi connectivity index (χ3n) is 5.74. The largest absolute Gasteiger partial charge is 0.488 e. The van der Waals surface area contributed by atoms with Crippen LogP contribution in [0.15, 0.2) is 54.6 Å². The normalized spacial score (nSPS) is 12.8. The Morgan fingerprint density at radius 3 is 1.49 bits per heavy atom. The summed E-state index contributed by atoms with van der Waals surface area (Å²) in [5, 5.41) is 19.2. The third kappa shape index (κ3) is 5.13. The van der Waals surface area contributed by atoms with Crippen molar-refractivity contribution in [2.75, 3.05) is 11.9 Å². The van der Waals surface area contributed by atoms with E-state index >= 15 is 0 Å². The molecule has 3 aromatic rings. The van der Waals surface area contributed by atoms with Crippen molar-refractivity contribution >= 4 is 34.5 Å². The molecule has 0 aliphatic carbocycles. The van der Waals surface area contributed by atoms with Crippen molar-refractivity contribution in [1.29, 1.82) is 10.5 Å². The van der Waals surface area contributed by atoms with Crippen LogP contribution in [0.1, 0.15) is 52.7 Å². The summed E-state index contributed by atoms with van der Waals surface area (Å²) in [4.78, 5) is 2.16. The van der Waals surface area contributed by atoms with Crippen LogP contribution in [0, 0.1) is 22.7 Å². The second-order valence-electron chi connectivity index (χ2n) is 10.9. The first-order valence-corrected chi connectivity index (χ1v) is 11.7. The van der Waals surface area contributed by atoms with Crippen LogP contribution in [0.3, 0.4) is 0 Å². The van der Waals surface area contributed by atoms with Gasteiger partial charge in [0.05, 0.1) is 23.3 Å². The number of hydrogen-bond acceptors (Lipinski definition) is 5. The van der Waals surface area contributed by atoms with Gasteiger partial charge in [0.15, 0.2) is 0 Å². The molecule has 0 unspecified atom stereocenters. The molecule has 0 N–H and O–H groups in total. The molecule has 0 saturated heterocycles. The lowest BCUT2D eigenvalue weighted by Crippen LogP contribution is -2.57. The van der Waals surface area contributed by atoms with E-state index < -0.39 is 0 Å². The fraction of sp³-hybridized carbons (Fsp3) is 0.310. The van der Waals surface area contributed by atoms with Gasteiger partial charge in [-0.25, -0.2) is 0 Å². The number of nitrogens with zero attached hydrogens (tertiary/aromatic N) is 3. The highest BCUT2D eigenvalue weighted by molar-refractivity contribution is 6.98. The first-order chi connectivity index (χ1) is 16.4. The Labute approximate surface area is 208 Å². The van der Waals surface area contributed by atoms with Gasteiger partial charge >= 0.3 is 0 Å². The van der Waals surface area contributed by atoms with E-state index in [1.165, 1.54) is 0 Å². The molecule has 3 aromatic carbocycles. The summed E-state index contributed by atoms with van der Waals surface area (Å²) in [5.41, 5.74) is 5.41. The smallest absolute Gasteiger partial charge is 0.246 e. The van der Waals surface area contributed by atoms with Crippen molar-refractivity contribution in [3.63, 3.8) is 0 Å². The summed E-state index contributed by atoms with van der Waals surface area (Å²) in [6.45, 7) is 12.0. The number of nitriles is 2. The summed E-state index contributed by atoms with van der Waals surface area (Å²) in [6, 6.07) is 22.1. The monoisotopic (exact) mass is 463 g/mol. The lowest BCUT2D eigenvalue weighted by Gasteiger charge is -2.36. The number of fused-ring (bicyclic) bond motifs is 2. The van der Waals surface area contributed by atoms with E-state index in [4.69, 9.17) is 9.47 Å². The molecule has 4 rings (SSSR count). The molecule has 5 nitrogen and oxygen atoms in total. The molecule has 6 heteroatoms. The molecular weight excluding hydrogens is 433 g/mol. The van der Waals surface area contributed by atoms with E-state index in [0.29, 0.717) is 11.1 Å². The predicted molar refractivity (Wildman–Crippen MR) is 142 cm³/mol. The van der Waals surface area contributed by atoms with Gasteiger partial charge in [-0.15, -0.1) is 0 Å². The molecule has 0 atom stereocenters. The van der Waals surface area contributed by atoms with E-state index in [1.807, 2.05) is 72.9 Å². The number of ether oxygens (including phenoxy) is 2. The Balaban J connectivity index is 1.94. The van der Waals surface area contributed by atoms with Crippen molar-refractivity contribution in [2.24, 2.45) is 0 Å². The molecule has 0 aromatic heterocycles. The van der Waals surface area contributed by atoms with Gasteiger partial charge in [-0.1, -0.05) is 17.6 Å². The zero-order chi connectivity index (χ0) is 25.5. The average molecular weight is 463 g/mol. The SMILES string of the molecule is CN1c2cc(OC(C)(C)C)ccc2B(c2cc(C#N)cc(C#N)c2)c2ccc(OC(C)(C)C)cc21. The maximum Gasteiger partial charge on any atom is 0.246 e. The molecule has 0 radical (unpaired) electrons. The molecule has 0 bridgehead atoms. The van der Waals surface area contributed by atoms with Gasteiger partial charge in [0.1, 0.15) is 22.7 Å². The molecule has 0 saturated carbocycles. The summed E-state index contributed by atoms with van der Waals surface area (Å²) >= 11 is 0. The minimum atomic E-state index is -0.324. The number of benzene rings is 3. The molecule has 35 heavy (non-hydrogen) atoms. The first-order valence-electron chi connectivity index (χ1n) is 11.7. The third-order valence-corrected chi connectivity index (χ3v) is 5.74. The summed E-state index contributed by atoms with van der Waals surface area (Å²) in [5.74, 6) is 1.58. The standard InChI is InChI=1S/C29H30BN3O2/c1-28(2,3)34-22-8-10-24-26(15-22)33(7)27-16-23(35-29(4,5)6)9-11-25(27)30(24)21-13-19(17-31)12-20(14-21)18-32/h8-16H,1-7H3. The summed E-state index contributed by atoms with van der Waals surface area (Å²) < 4.78 is 12.3. The van der Waals surface area contributed by atoms with Crippen LogP contribution in [-0.4, -0.2) is 25.0 Å². The summed E-state index contributed by atoms with van der Waals surface area (Å²) in [6.07, 6.45) is 0. The number of rotatable bonds is 3. The van der Waals surface area contributed by atoms with Crippen molar-refractivity contribution in [3.05, 3.63) is 65.7 Å². The topological polar surface area (TPSA) is 69.3 Å². The number of hydrogen-bond donors (Lipinski definition) is 0. The molecule has 0 amide bonds. The molecule has 0 spiro atoms. The second-order valence-corrected chi connectivity index (χ2v) is 10.9. The molecular formula is C29H30BN3O2. The lowest BCUT2D eigenvalue weighted by atomic mass is 9.35. The van der Waals surface area contributed by atoms with Gasteiger partial charge in [-0.2, -0.15) is 10.5 Å². The highest BCUT2D eigenvalue weighted by atomic mass is 16.5. The van der Waals surface area contributed by atoms with Gasteiger partial charge in [0.25, 0.3) is 0 Å². The minimum Gasteiger partial charge on any atom is -0.488 e. The lowest BCUT2D eigenvalue weighted by molar-refractivity contribution is 0.130. The molecule has 1 aliphatic rings. The van der Waals surface area contributed by atoms with E-state index in [-0.39, 0.29) is 17.9 Å². The van der Waals surface area contributed by atoms with Crippen molar-refractivity contribution in [3.8, 4) is 23.6 Å². The number of anilines is 2. The van der Waals surface area contributed by atoms with Crippen LogP contribution >= 0.6 is 0 Å². The first kappa shape index (κ1) is 24.2. The molecule has 176 valence electrons. The Hall–Kier alpha value is -3.90. The fourth-order valence-electron chi connectivity index (χ4n) is 4.55. The fourth-order valence-corrected chi connectivity index (χ4v) is 4.55. The van der Waals surface area contributed by atoms with Crippen molar-refractivity contribution in [1.82, 2.24) is 0 Å². The maximum atomic E-state index is 9.60. The minimum absolute atomic E-state index is 0.149. The van der Waals surface area contributed by atoms with E-state index in [0.717, 1.165) is 39.3 Å². The van der Waals surface area contributed by atoms with E-state index in [2.05, 4.69) is 41.3 Å². The Kier molecular flexibility index (Phi) is 6.03. The Morgan fingerprint density at radius 2 is 1.11 bits per heavy atom. The van der Waals surface area contributed by atoms with Crippen LogP contribution in [0.2, 0.25) is 0 Å². The summed E-state index contributed by atoms with van der Waals surface area (Å²) in [7, 11) is 2.04.